The Hall–Kier alpha value is -1.85. The molecule has 0 fully saturated rings. The molecule has 6 nitrogen and oxygen atoms in total. The number of carbonyl (C=O) groups is 3. The van der Waals surface area contributed by atoms with Crippen LogP contribution in [0.4, 0.5) is 0 Å². The van der Waals surface area contributed by atoms with Crippen LogP contribution < -0.4 is 0 Å². The number of esters is 2. The second-order valence-corrected chi connectivity index (χ2v) is 4.18. The van der Waals surface area contributed by atoms with Gasteiger partial charge in [0.15, 0.2) is 5.78 Å². The van der Waals surface area contributed by atoms with Crippen LogP contribution in [0.15, 0.2) is 11.8 Å². The van der Waals surface area contributed by atoms with Gasteiger partial charge < -0.3 is 14.2 Å². The van der Waals surface area contributed by atoms with Crippen LogP contribution in [0.1, 0.15) is 27.7 Å². The summed E-state index contributed by atoms with van der Waals surface area (Å²) in [6.07, 6.45) is 1.11. The fraction of sp³-hybridized carbons (Fsp3) is 0.615. The van der Waals surface area contributed by atoms with E-state index in [1.54, 1.807) is 20.8 Å². The Morgan fingerprint density at radius 1 is 1.26 bits per heavy atom. The summed E-state index contributed by atoms with van der Waals surface area (Å²) >= 11 is 0. The Labute approximate surface area is 111 Å². The third-order valence-corrected chi connectivity index (χ3v) is 2.97. The smallest absolute Gasteiger partial charge is 0.363 e. The van der Waals surface area contributed by atoms with Crippen LogP contribution >= 0.6 is 0 Å². The highest BCUT2D eigenvalue weighted by Crippen LogP contribution is 2.33. The molecule has 0 saturated heterocycles. The summed E-state index contributed by atoms with van der Waals surface area (Å²) in [5, 5.41) is 0. The van der Waals surface area contributed by atoms with Crippen LogP contribution in [0.5, 0.6) is 0 Å². The van der Waals surface area contributed by atoms with Crippen molar-refractivity contribution in [3.8, 4) is 0 Å². The molecule has 0 amide bonds. The zero-order valence-electron chi connectivity index (χ0n) is 11.5. The third-order valence-electron chi connectivity index (χ3n) is 2.97. The highest BCUT2D eigenvalue weighted by Gasteiger charge is 2.59. The van der Waals surface area contributed by atoms with E-state index >= 15 is 0 Å². The first-order valence-corrected chi connectivity index (χ1v) is 6.15. The van der Waals surface area contributed by atoms with Crippen LogP contribution in [-0.4, -0.2) is 36.5 Å². The van der Waals surface area contributed by atoms with Gasteiger partial charge in [-0.3, -0.25) is 4.79 Å². The Morgan fingerprint density at radius 2 is 1.74 bits per heavy atom. The Bertz CT molecular complexity index is 405. The molecule has 1 heterocycles. The van der Waals surface area contributed by atoms with Crippen molar-refractivity contribution in [2.75, 3.05) is 13.2 Å². The lowest BCUT2D eigenvalue weighted by atomic mass is 9.81. The number of carbonyl (C=O) groups excluding carboxylic acids is 3. The summed E-state index contributed by atoms with van der Waals surface area (Å²) in [5.74, 6) is -3.14. The third kappa shape index (κ3) is 2.47. The SMILES string of the molecule is CCOC(=O)C1(C(=O)OCC)OC=C(C)C(=O)C1C. The number of Topliss-reactive ketones (excluding diaryl/α,β-unsaturated/α-hetero) is 1. The van der Waals surface area contributed by atoms with E-state index in [-0.39, 0.29) is 19.0 Å². The predicted molar refractivity (Wildman–Crippen MR) is 65.0 cm³/mol. The fourth-order valence-corrected chi connectivity index (χ4v) is 1.88. The number of rotatable bonds is 4. The summed E-state index contributed by atoms with van der Waals surface area (Å²) in [4.78, 5) is 36.1. The number of hydrogen-bond acceptors (Lipinski definition) is 6. The van der Waals surface area contributed by atoms with E-state index < -0.39 is 23.5 Å². The highest BCUT2D eigenvalue weighted by molar-refractivity contribution is 6.12. The van der Waals surface area contributed by atoms with Crippen LogP contribution in [0, 0.1) is 5.92 Å². The molecule has 1 aliphatic heterocycles. The summed E-state index contributed by atoms with van der Waals surface area (Å²) < 4.78 is 15.0. The maximum atomic E-state index is 12.1. The molecule has 1 unspecified atom stereocenters. The van der Waals surface area contributed by atoms with Crippen LogP contribution in [-0.2, 0) is 28.6 Å². The summed E-state index contributed by atoms with van der Waals surface area (Å²) in [5.41, 5.74) is -1.69. The normalized spacial score (nSPS) is 21.2. The second kappa shape index (κ2) is 5.86. The molecule has 0 bridgehead atoms. The van der Waals surface area contributed by atoms with Gasteiger partial charge in [-0.05, 0) is 20.8 Å². The molecular formula is C13H18O6. The van der Waals surface area contributed by atoms with E-state index in [1.165, 1.54) is 6.92 Å². The fourth-order valence-electron chi connectivity index (χ4n) is 1.88. The summed E-state index contributed by atoms with van der Waals surface area (Å²) in [6, 6.07) is 0. The predicted octanol–water partition coefficient (Wildman–Crippen LogP) is 0.991. The van der Waals surface area contributed by atoms with Gasteiger partial charge in [0.2, 0.25) is 0 Å². The molecule has 0 aromatic rings. The molecule has 0 aromatic carbocycles. The topological polar surface area (TPSA) is 78.9 Å². The highest BCUT2D eigenvalue weighted by atomic mass is 16.6. The first-order valence-electron chi connectivity index (χ1n) is 6.15. The van der Waals surface area contributed by atoms with Gasteiger partial charge in [-0.1, -0.05) is 6.92 Å². The molecule has 0 aromatic heterocycles. The van der Waals surface area contributed by atoms with Crippen molar-refractivity contribution in [1.29, 1.82) is 0 Å². The molecule has 0 saturated carbocycles. The van der Waals surface area contributed by atoms with E-state index in [2.05, 4.69) is 0 Å². The first kappa shape index (κ1) is 15.2. The van der Waals surface area contributed by atoms with Gasteiger partial charge in [0.25, 0.3) is 0 Å². The molecular weight excluding hydrogens is 252 g/mol. The molecule has 0 radical (unpaired) electrons. The van der Waals surface area contributed by atoms with Gasteiger partial charge in [-0.15, -0.1) is 0 Å². The summed E-state index contributed by atoms with van der Waals surface area (Å²) in [7, 11) is 0. The average molecular weight is 270 g/mol. The van der Waals surface area contributed by atoms with Gasteiger partial charge in [0.1, 0.15) is 0 Å². The van der Waals surface area contributed by atoms with Gasteiger partial charge >= 0.3 is 17.5 Å². The zero-order chi connectivity index (χ0) is 14.6. The lowest BCUT2D eigenvalue weighted by molar-refractivity contribution is -0.193. The molecule has 0 aliphatic carbocycles. The van der Waals surface area contributed by atoms with Gasteiger partial charge in [0, 0.05) is 5.57 Å². The Morgan fingerprint density at radius 3 is 2.16 bits per heavy atom. The van der Waals surface area contributed by atoms with Crippen molar-refractivity contribution in [2.45, 2.75) is 33.3 Å². The van der Waals surface area contributed by atoms with Crippen molar-refractivity contribution in [2.24, 2.45) is 5.92 Å². The van der Waals surface area contributed by atoms with Crippen molar-refractivity contribution >= 4 is 17.7 Å². The molecule has 0 N–H and O–H groups in total. The molecule has 19 heavy (non-hydrogen) atoms. The van der Waals surface area contributed by atoms with Gasteiger partial charge in [-0.25, -0.2) is 9.59 Å². The molecule has 1 aliphatic rings. The van der Waals surface area contributed by atoms with E-state index in [9.17, 15) is 14.4 Å². The number of allylic oxidation sites excluding steroid dienone is 1. The Kier molecular flexibility index (Phi) is 4.69. The van der Waals surface area contributed by atoms with E-state index in [0.717, 1.165) is 6.26 Å². The minimum absolute atomic E-state index is 0.0763. The standard InChI is InChI=1S/C13H18O6/c1-5-17-11(15)13(12(16)18-6-2)9(4)10(14)8(3)7-19-13/h7,9H,5-6H2,1-4H3. The van der Waals surface area contributed by atoms with Gasteiger partial charge in [0.05, 0.1) is 25.4 Å². The lowest BCUT2D eigenvalue weighted by Gasteiger charge is -2.35. The van der Waals surface area contributed by atoms with Crippen molar-refractivity contribution < 1.29 is 28.6 Å². The number of ketones is 1. The second-order valence-electron chi connectivity index (χ2n) is 4.18. The van der Waals surface area contributed by atoms with Crippen molar-refractivity contribution in [3.63, 3.8) is 0 Å². The Balaban J connectivity index is 3.24. The maximum absolute atomic E-state index is 12.1. The van der Waals surface area contributed by atoms with Crippen LogP contribution in [0.3, 0.4) is 0 Å². The lowest BCUT2D eigenvalue weighted by Crippen LogP contribution is -2.58. The molecule has 1 rings (SSSR count). The molecule has 1 atom stereocenters. The average Bonchev–Trinajstić information content (AvgIpc) is 2.37. The maximum Gasteiger partial charge on any atom is 0.363 e. The first-order chi connectivity index (χ1) is 8.91. The van der Waals surface area contributed by atoms with E-state index in [4.69, 9.17) is 14.2 Å². The van der Waals surface area contributed by atoms with Crippen LogP contribution in [0.2, 0.25) is 0 Å². The minimum Gasteiger partial charge on any atom is -0.471 e. The molecule has 0 spiro atoms. The van der Waals surface area contributed by atoms with Crippen molar-refractivity contribution in [1.82, 2.24) is 0 Å². The summed E-state index contributed by atoms with van der Waals surface area (Å²) in [6.45, 7) is 6.37. The molecule has 106 valence electrons. The van der Waals surface area contributed by atoms with E-state index in [1.807, 2.05) is 0 Å². The monoisotopic (exact) mass is 270 g/mol. The van der Waals surface area contributed by atoms with Gasteiger partial charge in [-0.2, -0.15) is 0 Å². The zero-order valence-corrected chi connectivity index (χ0v) is 11.5. The number of hydrogen-bond donors (Lipinski definition) is 0. The largest absolute Gasteiger partial charge is 0.471 e. The van der Waals surface area contributed by atoms with E-state index in [0.29, 0.717) is 5.57 Å². The minimum atomic E-state index is -2.04. The van der Waals surface area contributed by atoms with Crippen molar-refractivity contribution in [3.05, 3.63) is 11.8 Å². The molecule has 6 heteroatoms. The number of ether oxygens (including phenoxy) is 3. The quantitative estimate of drug-likeness (QED) is 0.560. The van der Waals surface area contributed by atoms with Crippen LogP contribution in [0.25, 0.3) is 0 Å².